The molecular weight excluding hydrogens is 286 g/mol. The summed E-state index contributed by atoms with van der Waals surface area (Å²) in [5.41, 5.74) is 5.11. The van der Waals surface area contributed by atoms with Crippen molar-refractivity contribution in [1.82, 2.24) is 24.7 Å². The van der Waals surface area contributed by atoms with Crippen LogP contribution in [0, 0.1) is 6.92 Å². The van der Waals surface area contributed by atoms with Gasteiger partial charge in [0.1, 0.15) is 11.3 Å². The molecule has 0 bridgehead atoms. The monoisotopic (exact) mass is 303 g/mol. The number of imidazole rings is 1. The van der Waals surface area contributed by atoms with Crippen molar-refractivity contribution in [3.8, 4) is 5.69 Å². The Morgan fingerprint density at radius 1 is 1.13 bits per heavy atom. The van der Waals surface area contributed by atoms with Crippen molar-refractivity contribution in [2.24, 2.45) is 0 Å². The predicted octanol–water partition coefficient (Wildman–Crippen LogP) is 3.87. The first kappa shape index (κ1) is 12.8. The van der Waals surface area contributed by atoms with Crippen molar-refractivity contribution in [3.63, 3.8) is 0 Å². The van der Waals surface area contributed by atoms with Crippen molar-refractivity contribution < 1.29 is 0 Å². The Morgan fingerprint density at radius 3 is 2.87 bits per heavy atom. The molecule has 0 amide bonds. The van der Waals surface area contributed by atoms with Gasteiger partial charge in [0.05, 0.1) is 11.7 Å². The van der Waals surface area contributed by atoms with E-state index in [4.69, 9.17) is 9.97 Å². The van der Waals surface area contributed by atoms with Gasteiger partial charge in [-0.1, -0.05) is 6.42 Å². The highest BCUT2D eigenvalue weighted by atomic mass is 15.1. The molecule has 23 heavy (non-hydrogen) atoms. The van der Waals surface area contributed by atoms with Crippen LogP contribution in [-0.4, -0.2) is 24.7 Å². The number of benzene rings is 1. The lowest BCUT2D eigenvalue weighted by atomic mass is 9.85. The number of nitrogens with zero attached hydrogens (tertiary/aromatic N) is 4. The average Bonchev–Trinajstić information content (AvgIpc) is 3.08. The van der Waals surface area contributed by atoms with Gasteiger partial charge in [-0.05, 0) is 50.1 Å². The number of hydrogen-bond donors (Lipinski definition) is 1. The molecule has 3 heterocycles. The smallest absolute Gasteiger partial charge is 0.164 e. The molecule has 0 unspecified atom stereocenters. The Balaban J connectivity index is 1.81. The van der Waals surface area contributed by atoms with Crippen LogP contribution in [0.5, 0.6) is 0 Å². The van der Waals surface area contributed by atoms with E-state index in [9.17, 15) is 0 Å². The summed E-state index contributed by atoms with van der Waals surface area (Å²) in [7, 11) is 0. The minimum Gasteiger partial charge on any atom is -0.280 e. The fourth-order valence-electron chi connectivity index (χ4n) is 3.33. The first-order valence-electron chi connectivity index (χ1n) is 8.09. The van der Waals surface area contributed by atoms with E-state index >= 15 is 0 Å². The molecule has 1 fully saturated rings. The quantitative estimate of drug-likeness (QED) is 0.611. The lowest BCUT2D eigenvalue weighted by Crippen LogP contribution is -2.14. The van der Waals surface area contributed by atoms with Gasteiger partial charge in [0.15, 0.2) is 5.65 Å². The van der Waals surface area contributed by atoms with Gasteiger partial charge < -0.3 is 0 Å². The molecule has 1 saturated carbocycles. The zero-order valence-corrected chi connectivity index (χ0v) is 13.0. The third-order valence-electron chi connectivity index (χ3n) is 4.82. The summed E-state index contributed by atoms with van der Waals surface area (Å²) in [6.45, 7) is 2.03. The van der Waals surface area contributed by atoms with Crippen LogP contribution in [0.2, 0.25) is 0 Å². The summed E-state index contributed by atoms with van der Waals surface area (Å²) in [5, 5.41) is 8.24. The highest BCUT2D eigenvalue weighted by Gasteiger charge is 2.27. The van der Waals surface area contributed by atoms with Gasteiger partial charge >= 0.3 is 0 Å². The van der Waals surface area contributed by atoms with E-state index in [1.807, 2.05) is 19.2 Å². The van der Waals surface area contributed by atoms with Crippen molar-refractivity contribution in [2.45, 2.75) is 32.1 Å². The Kier molecular flexibility index (Phi) is 2.59. The van der Waals surface area contributed by atoms with Gasteiger partial charge in [0.2, 0.25) is 0 Å². The standard InChI is InChI=1S/C18H17N5/c1-11-5-7-16-18(20-11)23(17(21-16)12-3-2-4-12)14-6-8-15-13(9-14)10-19-22-15/h5-10,12H,2-4H2,1H3,(H,19,22). The second kappa shape index (κ2) is 4.65. The van der Waals surface area contributed by atoms with Crippen molar-refractivity contribution in [2.75, 3.05) is 0 Å². The number of H-pyrrole nitrogens is 1. The topological polar surface area (TPSA) is 59.4 Å². The maximum absolute atomic E-state index is 4.90. The molecule has 5 rings (SSSR count). The summed E-state index contributed by atoms with van der Waals surface area (Å²) in [4.78, 5) is 9.66. The summed E-state index contributed by atoms with van der Waals surface area (Å²) in [6, 6.07) is 10.5. The third-order valence-corrected chi connectivity index (χ3v) is 4.82. The van der Waals surface area contributed by atoms with E-state index in [1.165, 1.54) is 19.3 Å². The van der Waals surface area contributed by atoms with Gasteiger partial charge in [-0.3, -0.25) is 9.67 Å². The molecule has 0 radical (unpaired) electrons. The molecule has 1 aliphatic carbocycles. The highest BCUT2D eigenvalue weighted by Crippen LogP contribution is 2.38. The Morgan fingerprint density at radius 2 is 2.04 bits per heavy atom. The van der Waals surface area contributed by atoms with Gasteiger partial charge in [0, 0.05) is 22.7 Å². The number of rotatable bonds is 2. The van der Waals surface area contributed by atoms with E-state index in [-0.39, 0.29) is 0 Å². The molecule has 5 heteroatoms. The van der Waals surface area contributed by atoms with Crippen LogP contribution >= 0.6 is 0 Å². The van der Waals surface area contributed by atoms with Gasteiger partial charge in [-0.25, -0.2) is 9.97 Å². The number of fused-ring (bicyclic) bond motifs is 2. The molecule has 114 valence electrons. The number of aromatic nitrogens is 5. The van der Waals surface area contributed by atoms with Crippen molar-refractivity contribution >= 4 is 22.1 Å². The minimum absolute atomic E-state index is 0.546. The summed E-state index contributed by atoms with van der Waals surface area (Å²) >= 11 is 0. The molecule has 1 aromatic carbocycles. The minimum atomic E-state index is 0.546. The maximum Gasteiger partial charge on any atom is 0.164 e. The van der Waals surface area contributed by atoms with E-state index < -0.39 is 0 Å². The molecule has 0 spiro atoms. The van der Waals surface area contributed by atoms with Crippen molar-refractivity contribution in [3.05, 3.63) is 48.0 Å². The zero-order chi connectivity index (χ0) is 15.4. The molecule has 0 aliphatic heterocycles. The summed E-state index contributed by atoms with van der Waals surface area (Å²) in [5.74, 6) is 1.69. The van der Waals surface area contributed by atoms with E-state index in [0.29, 0.717) is 5.92 Å². The SMILES string of the molecule is Cc1ccc2nc(C3CCC3)n(-c3ccc4[nH]ncc4c3)c2n1. The highest BCUT2D eigenvalue weighted by molar-refractivity contribution is 5.82. The first-order valence-corrected chi connectivity index (χ1v) is 8.09. The van der Waals surface area contributed by atoms with Crippen molar-refractivity contribution in [1.29, 1.82) is 0 Å². The number of nitrogens with one attached hydrogen (secondary N) is 1. The summed E-state index contributed by atoms with van der Waals surface area (Å²) < 4.78 is 2.23. The van der Waals surface area contributed by atoms with Crippen LogP contribution in [0.25, 0.3) is 27.8 Å². The van der Waals surface area contributed by atoms with Crippen LogP contribution in [0.1, 0.15) is 36.7 Å². The lowest BCUT2D eigenvalue weighted by molar-refractivity contribution is 0.399. The van der Waals surface area contributed by atoms with Crippen LogP contribution in [0.3, 0.4) is 0 Å². The van der Waals surface area contributed by atoms with E-state index in [2.05, 4.69) is 39.0 Å². The molecular formula is C18H17N5. The second-order valence-corrected chi connectivity index (χ2v) is 6.37. The van der Waals surface area contributed by atoms with Crippen LogP contribution in [0.4, 0.5) is 0 Å². The Labute approximate surface area is 133 Å². The molecule has 0 atom stereocenters. The van der Waals surface area contributed by atoms with E-state index in [1.54, 1.807) is 0 Å². The second-order valence-electron chi connectivity index (χ2n) is 6.37. The van der Waals surface area contributed by atoms with Crippen LogP contribution in [-0.2, 0) is 0 Å². The molecule has 4 aromatic rings. The van der Waals surface area contributed by atoms with Gasteiger partial charge in [-0.15, -0.1) is 0 Å². The van der Waals surface area contributed by atoms with Gasteiger partial charge in [0.25, 0.3) is 0 Å². The normalized spacial score (nSPS) is 15.3. The van der Waals surface area contributed by atoms with Crippen LogP contribution < -0.4 is 0 Å². The third kappa shape index (κ3) is 1.89. The number of hydrogen-bond acceptors (Lipinski definition) is 3. The molecule has 5 nitrogen and oxygen atoms in total. The largest absolute Gasteiger partial charge is 0.280 e. The summed E-state index contributed by atoms with van der Waals surface area (Å²) in [6.07, 6.45) is 5.59. The fourth-order valence-corrected chi connectivity index (χ4v) is 3.33. The molecule has 0 saturated heterocycles. The zero-order valence-electron chi connectivity index (χ0n) is 13.0. The fraction of sp³-hybridized carbons (Fsp3) is 0.278. The number of aromatic amines is 1. The maximum atomic E-state index is 4.90. The first-order chi connectivity index (χ1) is 11.3. The molecule has 1 aliphatic rings. The Hall–Kier alpha value is -2.69. The number of aryl methyl sites for hydroxylation is 1. The molecule has 3 aromatic heterocycles. The Bertz CT molecular complexity index is 1020. The van der Waals surface area contributed by atoms with E-state index in [0.717, 1.165) is 39.3 Å². The number of pyridine rings is 1. The average molecular weight is 303 g/mol. The lowest BCUT2D eigenvalue weighted by Gasteiger charge is -2.25. The van der Waals surface area contributed by atoms with Crippen LogP contribution in [0.15, 0.2) is 36.5 Å². The van der Waals surface area contributed by atoms with Gasteiger partial charge in [-0.2, -0.15) is 5.10 Å². The predicted molar refractivity (Wildman–Crippen MR) is 89.8 cm³/mol. The molecule has 1 N–H and O–H groups in total.